The lowest BCUT2D eigenvalue weighted by molar-refractivity contribution is 0.0961. The van der Waals surface area contributed by atoms with Crippen molar-refractivity contribution in [2.24, 2.45) is 16.5 Å². The third kappa shape index (κ3) is 5.26. The molecule has 0 fully saturated rings. The summed E-state index contributed by atoms with van der Waals surface area (Å²) >= 11 is 4.44. The van der Waals surface area contributed by atoms with Crippen LogP contribution in [0.3, 0.4) is 0 Å². The second-order valence-electron chi connectivity index (χ2n) is 1.37. The van der Waals surface area contributed by atoms with Crippen molar-refractivity contribution in [2.75, 3.05) is 6.61 Å². The summed E-state index contributed by atoms with van der Waals surface area (Å²) in [6.45, 7) is 2.30. The molecule has 0 aliphatic carbocycles. The summed E-state index contributed by atoms with van der Waals surface area (Å²) in [5.74, 6) is 0.0642. The van der Waals surface area contributed by atoms with Crippen molar-refractivity contribution < 1.29 is 4.84 Å². The number of rotatable bonds is 2. The second-order valence-corrected chi connectivity index (χ2v) is 1.79. The Bertz CT molecular complexity index is 146. The van der Waals surface area contributed by atoms with Crippen LogP contribution in [0.2, 0.25) is 0 Å². The topological polar surface area (TPSA) is 85.7 Å². The number of hydrogen-bond donors (Lipinski definition) is 3. The Hall–Kier alpha value is -0.880. The zero-order valence-electron chi connectivity index (χ0n) is 5.63. The molecule has 5 N–H and O–H groups in total. The lowest BCUT2D eigenvalue weighted by Crippen LogP contribution is -2.33. The average Bonchev–Trinajstić information content (AvgIpc) is 1.82. The van der Waals surface area contributed by atoms with Crippen LogP contribution in [0.25, 0.3) is 0 Å². The first-order valence-corrected chi connectivity index (χ1v) is 3.09. The third-order valence-corrected chi connectivity index (χ3v) is 0.643. The van der Waals surface area contributed by atoms with E-state index < -0.39 is 0 Å². The van der Waals surface area contributed by atoms with Crippen LogP contribution in [-0.4, -0.2) is 17.7 Å². The highest BCUT2D eigenvalue weighted by molar-refractivity contribution is 7.80. The van der Waals surface area contributed by atoms with Gasteiger partial charge < -0.3 is 11.5 Å². The van der Waals surface area contributed by atoms with Crippen LogP contribution in [0.5, 0.6) is 0 Å². The van der Waals surface area contributed by atoms with Gasteiger partial charge in [0.1, 0.15) is 0 Å². The molecule has 0 aliphatic rings. The normalized spacial score (nSPS) is 11.1. The quantitative estimate of drug-likeness (QED) is 0.212. The van der Waals surface area contributed by atoms with Crippen LogP contribution in [-0.2, 0) is 4.84 Å². The van der Waals surface area contributed by atoms with Crippen molar-refractivity contribution in [2.45, 2.75) is 6.92 Å². The maximum atomic E-state index is 5.21. The van der Waals surface area contributed by atoms with Crippen molar-refractivity contribution in [3.05, 3.63) is 0 Å². The maximum absolute atomic E-state index is 5.21. The third-order valence-electron chi connectivity index (χ3n) is 0.552. The number of hydroxylamine groups is 1. The lowest BCUT2D eigenvalue weighted by Gasteiger charge is -2.01. The smallest absolute Gasteiger partial charge is 0.220 e. The predicted octanol–water partition coefficient (Wildman–Crippen LogP) is -0.914. The van der Waals surface area contributed by atoms with Gasteiger partial charge >= 0.3 is 0 Å². The van der Waals surface area contributed by atoms with Crippen LogP contribution in [0.1, 0.15) is 6.92 Å². The number of nitrogens with one attached hydrogen (secondary N) is 1. The van der Waals surface area contributed by atoms with Gasteiger partial charge in [0.05, 0.1) is 6.61 Å². The molecular formula is C4H10N4OS. The van der Waals surface area contributed by atoms with Gasteiger partial charge in [-0.1, -0.05) is 0 Å². The van der Waals surface area contributed by atoms with Gasteiger partial charge in [-0.25, -0.2) is 5.48 Å². The molecule has 0 heterocycles. The molecule has 0 saturated heterocycles. The maximum Gasteiger partial charge on any atom is 0.220 e. The highest BCUT2D eigenvalue weighted by Crippen LogP contribution is 1.69. The molecule has 58 valence electrons. The minimum atomic E-state index is -0.0234. The predicted molar refractivity (Wildman–Crippen MR) is 43.2 cm³/mol. The molecule has 0 radical (unpaired) electrons. The Morgan fingerprint density at radius 1 is 1.70 bits per heavy atom. The molecule has 0 bridgehead atoms. The van der Waals surface area contributed by atoms with Crippen molar-refractivity contribution in [3.8, 4) is 0 Å². The summed E-state index contributed by atoms with van der Waals surface area (Å²) in [5.41, 5.74) is 12.6. The fourth-order valence-electron chi connectivity index (χ4n) is 0.288. The van der Waals surface area contributed by atoms with Crippen molar-refractivity contribution in [3.63, 3.8) is 0 Å². The van der Waals surface area contributed by atoms with Gasteiger partial charge in [0.15, 0.2) is 5.11 Å². The molecule has 0 unspecified atom stereocenters. The first kappa shape index (κ1) is 9.12. The van der Waals surface area contributed by atoms with Gasteiger partial charge in [-0.3, -0.25) is 4.84 Å². The number of hydrogen-bond acceptors (Lipinski definition) is 2. The first-order chi connectivity index (χ1) is 4.66. The number of thiocarbonyl (C=S) groups is 1. The number of guanidine groups is 1. The van der Waals surface area contributed by atoms with E-state index in [1.807, 2.05) is 0 Å². The molecule has 0 atom stereocenters. The van der Waals surface area contributed by atoms with Crippen molar-refractivity contribution in [1.29, 1.82) is 0 Å². The largest absolute Gasteiger partial charge is 0.374 e. The highest BCUT2D eigenvalue weighted by Gasteiger charge is 1.88. The Balaban J connectivity index is 3.60. The Morgan fingerprint density at radius 3 is 2.70 bits per heavy atom. The van der Waals surface area contributed by atoms with Crippen LogP contribution in [0.4, 0.5) is 0 Å². The van der Waals surface area contributed by atoms with E-state index in [0.717, 1.165) is 0 Å². The van der Waals surface area contributed by atoms with Gasteiger partial charge in [-0.05, 0) is 19.1 Å². The van der Waals surface area contributed by atoms with Gasteiger partial charge in [0, 0.05) is 0 Å². The lowest BCUT2D eigenvalue weighted by atomic mass is 10.9. The molecule has 0 rings (SSSR count). The van der Waals surface area contributed by atoms with E-state index in [2.05, 4.69) is 27.5 Å². The number of aliphatic imine (C=N–C) groups is 1. The van der Waals surface area contributed by atoms with Crippen LogP contribution >= 0.6 is 12.2 Å². The average molecular weight is 162 g/mol. The first-order valence-electron chi connectivity index (χ1n) is 2.68. The molecule has 6 heteroatoms. The summed E-state index contributed by atoms with van der Waals surface area (Å²) in [6.07, 6.45) is 0. The summed E-state index contributed by atoms with van der Waals surface area (Å²) in [7, 11) is 0. The van der Waals surface area contributed by atoms with E-state index in [1.165, 1.54) is 0 Å². The minimum absolute atomic E-state index is 0.0234. The van der Waals surface area contributed by atoms with E-state index in [1.54, 1.807) is 6.92 Å². The minimum Gasteiger partial charge on any atom is -0.374 e. The highest BCUT2D eigenvalue weighted by atomic mass is 32.1. The number of nitrogens with two attached hydrogens (primary N) is 2. The molecule has 0 aromatic rings. The molecule has 10 heavy (non-hydrogen) atoms. The molecule has 0 aromatic carbocycles. The molecule has 0 aliphatic heterocycles. The van der Waals surface area contributed by atoms with Crippen LogP contribution in [0, 0.1) is 0 Å². The zero-order valence-corrected chi connectivity index (χ0v) is 6.44. The summed E-state index contributed by atoms with van der Waals surface area (Å²) < 4.78 is 0. The summed E-state index contributed by atoms with van der Waals surface area (Å²) in [4.78, 5) is 8.16. The monoisotopic (exact) mass is 162 g/mol. The van der Waals surface area contributed by atoms with Gasteiger partial charge in [0.2, 0.25) is 5.96 Å². The van der Waals surface area contributed by atoms with Crippen LogP contribution < -0.4 is 16.9 Å². The van der Waals surface area contributed by atoms with Crippen molar-refractivity contribution >= 4 is 23.3 Å². The van der Waals surface area contributed by atoms with E-state index in [0.29, 0.717) is 6.61 Å². The van der Waals surface area contributed by atoms with E-state index in [9.17, 15) is 0 Å². The Morgan fingerprint density at radius 2 is 2.30 bits per heavy atom. The van der Waals surface area contributed by atoms with Crippen LogP contribution in [0.15, 0.2) is 4.99 Å². The summed E-state index contributed by atoms with van der Waals surface area (Å²) in [5, 5.41) is -0.0234. The van der Waals surface area contributed by atoms with Crippen molar-refractivity contribution in [1.82, 2.24) is 5.48 Å². The fourth-order valence-corrected chi connectivity index (χ4v) is 0.386. The van der Waals surface area contributed by atoms with E-state index in [-0.39, 0.29) is 11.1 Å². The molecule has 0 aromatic heterocycles. The fraction of sp³-hybridized carbons (Fsp3) is 0.500. The Kier molecular flexibility index (Phi) is 4.51. The second kappa shape index (κ2) is 4.95. The molecule has 0 saturated carbocycles. The number of nitrogens with zero attached hydrogens (tertiary/aromatic N) is 1. The SMILES string of the molecule is CCON/C(N)=N/C(N)=S. The molecular weight excluding hydrogens is 152 g/mol. The Labute approximate surface area is 64.4 Å². The van der Waals surface area contributed by atoms with E-state index in [4.69, 9.17) is 11.5 Å². The van der Waals surface area contributed by atoms with Gasteiger partial charge in [-0.2, -0.15) is 4.99 Å². The van der Waals surface area contributed by atoms with Gasteiger partial charge in [-0.15, -0.1) is 0 Å². The zero-order chi connectivity index (χ0) is 7.98. The summed E-state index contributed by atoms with van der Waals surface area (Å²) in [6, 6.07) is 0. The van der Waals surface area contributed by atoms with Gasteiger partial charge in [0.25, 0.3) is 0 Å². The van der Waals surface area contributed by atoms with E-state index >= 15 is 0 Å². The molecule has 5 nitrogen and oxygen atoms in total. The standard InChI is InChI=1S/C4H10N4OS/c1-2-9-8-3(5)7-4(6)10/h2H2,1H3,(H5,5,6,7,8,10). The molecule has 0 amide bonds. The molecule has 0 spiro atoms.